The number of carbonyl (C=O) groups is 1. The molecule has 0 aliphatic rings. The number of fused-ring (bicyclic) bond motifs is 1. The highest BCUT2D eigenvalue weighted by Crippen LogP contribution is 2.27. The third-order valence-corrected chi connectivity index (χ3v) is 3.12. The van der Waals surface area contributed by atoms with Crippen LogP contribution in [0, 0.1) is 5.82 Å². The van der Waals surface area contributed by atoms with Gasteiger partial charge in [0.25, 0.3) is 0 Å². The Hall–Kier alpha value is -1.36. The van der Waals surface area contributed by atoms with Crippen molar-refractivity contribution in [3.05, 3.63) is 34.2 Å². The lowest BCUT2D eigenvalue weighted by atomic mass is 10.2. The average Bonchev–Trinajstić information content (AvgIpc) is 2.61. The Morgan fingerprint density at radius 3 is 2.81 bits per heavy atom. The summed E-state index contributed by atoms with van der Waals surface area (Å²) in [5.74, 6) is -0.850. The molecular formula is C11H9BrFNO2. The fraction of sp³-hybridized carbons (Fsp3) is 0.182. The van der Waals surface area contributed by atoms with Gasteiger partial charge in [-0.2, -0.15) is 0 Å². The highest BCUT2D eigenvalue weighted by Gasteiger charge is 2.16. The molecule has 16 heavy (non-hydrogen) atoms. The Morgan fingerprint density at radius 1 is 1.50 bits per heavy atom. The van der Waals surface area contributed by atoms with E-state index in [1.165, 1.54) is 13.2 Å². The van der Waals surface area contributed by atoms with Crippen molar-refractivity contribution in [2.75, 3.05) is 7.11 Å². The lowest BCUT2D eigenvalue weighted by Crippen LogP contribution is -2.06. The number of esters is 1. The first-order valence-corrected chi connectivity index (χ1v) is 5.37. The van der Waals surface area contributed by atoms with Crippen LogP contribution in [0.3, 0.4) is 0 Å². The molecule has 3 nitrogen and oxygen atoms in total. The van der Waals surface area contributed by atoms with Crippen LogP contribution in [-0.4, -0.2) is 17.6 Å². The van der Waals surface area contributed by atoms with Crippen molar-refractivity contribution in [1.29, 1.82) is 0 Å². The molecule has 0 saturated carbocycles. The van der Waals surface area contributed by atoms with E-state index in [2.05, 4.69) is 20.7 Å². The molecule has 0 aliphatic heterocycles. The number of halogens is 2. The van der Waals surface area contributed by atoms with Crippen LogP contribution in [-0.2, 0) is 11.8 Å². The summed E-state index contributed by atoms with van der Waals surface area (Å²) in [6.07, 6.45) is 0. The number of aryl methyl sites for hydroxylation is 1. The van der Waals surface area contributed by atoms with Crippen LogP contribution in [0.2, 0.25) is 0 Å². The van der Waals surface area contributed by atoms with Crippen molar-refractivity contribution in [1.82, 2.24) is 4.57 Å². The number of rotatable bonds is 1. The molecule has 0 fully saturated rings. The fourth-order valence-corrected chi connectivity index (χ4v) is 2.00. The maximum Gasteiger partial charge on any atom is 0.354 e. The molecule has 0 saturated heterocycles. The number of hydrogen-bond donors (Lipinski definition) is 0. The largest absolute Gasteiger partial charge is 0.464 e. The topological polar surface area (TPSA) is 31.2 Å². The predicted molar refractivity (Wildman–Crippen MR) is 61.9 cm³/mol. The molecule has 0 aliphatic carbocycles. The molecule has 0 amide bonds. The molecule has 1 aromatic carbocycles. The van der Waals surface area contributed by atoms with E-state index >= 15 is 0 Å². The number of nitrogens with zero attached hydrogens (tertiary/aromatic N) is 1. The summed E-state index contributed by atoms with van der Waals surface area (Å²) >= 11 is 3.10. The van der Waals surface area contributed by atoms with Crippen molar-refractivity contribution >= 4 is 32.8 Å². The van der Waals surface area contributed by atoms with Crippen LogP contribution in [0.25, 0.3) is 10.9 Å². The van der Waals surface area contributed by atoms with Gasteiger partial charge >= 0.3 is 5.97 Å². The summed E-state index contributed by atoms with van der Waals surface area (Å²) in [6, 6.07) is 4.84. The van der Waals surface area contributed by atoms with E-state index in [0.29, 0.717) is 21.1 Å². The molecule has 2 aromatic rings. The molecule has 0 spiro atoms. The van der Waals surface area contributed by atoms with Gasteiger partial charge in [-0.25, -0.2) is 9.18 Å². The van der Waals surface area contributed by atoms with Crippen molar-refractivity contribution in [3.8, 4) is 0 Å². The number of benzene rings is 1. The normalized spacial score (nSPS) is 10.8. The molecule has 0 atom stereocenters. The average molecular weight is 286 g/mol. The fourth-order valence-electron chi connectivity index (χ4n) is 1.65. The van der Waals surface area contributed by atoms with Gasteiger partial charge in [0.2, 0.25) is 0 Å². The Kier molecular flexibility index (Phi) is 2.71. The molecule has 0 N–H and O–H groups in total. The van der Waals surface area contributed by atoms with Gasteiger partial charge in [0.15, 0.2) is 0 Å². The monoisotopic (exact) mass is 285 g/mol. The molecule has 1 heterocycles. The van der Waals surface area contributed by atoms with Crippen molar-refractivity contribution in [2.45, 2.75) is 0 Å². The van der Waals surface area contributed by atoms with Crippen molar-refractivity contribution in [2.24, 2.45) is 7.05 Å². The van der Waals surface area contributed by atoms with Gasteiger partial charge in [-0.05, 0) is 34.1 Å². The van der Waals surface area contributed by atoms with E-state index < -0.39 is 5.97 Å². The van der Waals surface area contributed by atoms with E-state index in [1.807, 2.05) is 0 Å². The van der Waals surface area contributed by atoms with Crippen LogP contribution >= 0.6 is 15.9 Å². The maximum absolute atomic E-state index is 13.7. The summed E-state index contributed by atoms with van der Waals surface area (Å²) in [5.41, 5.74) is 0.982. The van der Waals surface area contributed by atoms with E-state index in [-0.39, 0.29) is 5.82 Å². The molecule has 0 bridgehead atoms. The maximum atomic E-state index is 13.7. The minimum atomic E-state index is -0.478. The van der Waals surface area contributed by atoms with E-state index in [0.717, 1.165) is 0 Å². The second-order valence-electron chi connectivity index (χ2n) is 3.37. The first-order valence-electron chi connectivity index (χ1n) is 4.58. The highest BCUT2D eigenvalue weighted by atomic mass is 79.9. The lowest BCUT2D eigenvalue weighted by molar-refractivity contribution is 0.0590. The van der Waals surface area contributed by atoms with Crippen LogP contribution in [0.4, 0.5) is 4.39 Å². The number of aromatic nitrogens is 1. The van der Waals surface area contributed by atoms with Crippen LogP contribution in [0.15, 0.2) is 22.7 Å². The van der Waals surface area contributed by atoms with Crippen molar-refractivity contribution in [3.63, 3.8) is 0 Å². The van der Waals surface area contributed by atoms with E-state index in [1.54, 1.807) is 23.7 Å². The van der Waals surface area contributed by atoms with Gasteiger partial charge < -0.3 is 9.30 Å². The molecule has 5 heteroatoms. The Balaban J connectivity index is 2.77. The minimum absolute atomic E-state index is 0.328. The lowest BCUT2D eigenvalue weighted by Gasteiger charge is -2.01. The zero-order chi connectivity index (χ0) is 11.9. The Morgan fingerprint density at radius 2 is 2.19 bits per heavy atom. The third kappa shape index (κ3) is 1.51. The van der Waals surface area contributed by atoms with Crippen LogP contribution in [0.1, 0.15) is 10.5 Å². The second kappa shape index (κ2) is 3.90. The summed E-state index contributed by atoms with van der Waals surface area (Å²) in [5, 5.41) is 0.400. The first kappa shape index (κ1) is 11.1. The highest BCUT2D eigenvalue weighted by molar-refractivity contribution is 9.10. The van der Waals surface area contributed by atoms with Gasteiger partial charge in [0.05, 0.1) is 17.1 Å². The number of methoxy groups -OCH3 is 1. The second-order valence-corrected chi connectivity index (χ2v) is 4.23. The molecule has 0 radical (unpaired) electrons. The summed E-state index contributed by atoms with van der Waals surface area (Å²) in [4.78, 5) is 11.4. The molecule has 1 aromatic heterocycles. The number of hydrogen-bond acceptors (Lipinski definition) is 2. The summed E-state index contributed by atoms with van der Waals surface area (Å²) < 4.78 is 20.4. The van der Waals surface area contributed by atoms with Gasteiger partial charge in [0, 0.05) is 12.4 Å². The standard InChI is InChI=1S/C11H9BrFNO2/c1-14-8-4-3-7(12)10(13)6(8)5-9(14)11(15)16-2/h3-5H,1-2H3. The van der Waals surface area contributed by atoms with Crippen LogP contribution in [0.5, 0.6) is 0 Å². The van der Waals surface area contributed by atoms with Gasteiger partial charge in [-0.15, -0.1) is 0 Å². The zero-order valence-corrected chi connectivity index (χ0v) is 10.3. The molecule has 2 rings (SSSR count). The quantitative estimate of drug-likeness (QED) is 0.755. The van der Waals surface area contributed by atoms with E-state index in [4.69, 9.17) is 0 Å². The predicted octanol–water partition coefficient (Wildman–Crippen LogP) is 2.87. The summed E-state index contributed by atoms with van der Waals surface area (Å²) in [7, 11) is 2.99. The van der Waals surface area contributed by atoms with Gasteiger partial charge in [-0.1, -0.05) is 0 Å². The van der Waals surface area contributed by atoms with Crippen molar-refractivity contribution < 1.29 is 13.9 Å². The third-order valence-electron chi connectivity index (χ3n) is 2.51. The molecule has 0 unspecified atom stereocenters. The van der Waals surface area contributed by atoms with Crippen LogP contribution < -0.4 is 0 Å². The van der Waals surface area contributed by atoms with Gasteiger partial charge in [0.1, 0.15) is 11.5 Å². The van der Waals surface area contributed by atoms with Gasteiger partial charge in [-0.3, -0.25) is 0 Å². The Labute approximate surface area is 99.9 Å². The molecular weight excluding hydrogens is 277 g/mol. The molecule has 84 valence electrons. The first-order chi connectivity index (χ1) is 7.56. The minimum Gasteiger partial charge on any atom is -0.464 e. The summed E-state index contributed by atoms with van der Waals surface area (Å²) in [6.45, 7) is 0. The van der Waals surface area contributed by atoms with E-state index in [9.17, 15) is 9.18 Å². The number of carbonyl (C=O) groups excluding carboxylic acids is 1. The Bertz CT molecular complexity index is 577. The smallest absolute Gasteiger partial charge is 0.354 e. The zero-order valence-electron chi connectivity index (χ0n) is 8.75. The SMILES string of the molecule is COC(=O)c1cc2c(F)c(Br)ccc2n1C. The number of ether oxygens (including phenoxy) is 1.